The van der Waals surface area contributed by atoms with Crippen molar-refractivity contribution in [3.63, 3.8) is 0 Å². The molecular weight excluding hydrogens is 444 g/mol. The highest BCUT2D eigenvalue weighted by molar-refractivity contribution is 14.0. The van der Waals surface area contributed by atoms with Crippen LogP contribution in [0, 0.1) is 24.1 Å². The third-order valence-electron chi connectivity index (χ3n) is 6.31. The van der Waals surface area contributed by atoms with Crippen molar-refractivity contribution >= 4 is 29.9 Å². The highest BCUT2D eigenvalue weighted by Gasteiger charge is 2.66. The predicted molar refractivity (Wildman–Crippen MR) is 112 cm³/mol. The first-order chi connectivity index (χ1) is 12.1. The lowest BCUT2D eigenvalue weighted by molar-refractivity contribution is -0.171. The van der Waals surface area contributed by atoms with Gasteiger partial charge < -0.3 is 15.4 Å². The molecule has 1 aromatic rings. The number of fused-ring (bicyclic) bond motifs is 2. The van der Waals surface area contributed by atoms with Gasteiger partial charge in [-0.2, -0.15) is 0 Å². The third-order valence-corrected chi connectivity index (χ3v) is 6.31. The van der Waals surface area contributed by atoms with Crippen molar-refractivity contribution < 1.29 is 9.13 Å². The number of benzene rings is 1. The van der Waals surface area contributed by atoms with Gasteiger partial charge in [0.1, 0.15) is 5.82 Å². The topological polar surface area (TPSA) is 45.7 Å². The third kappa shape index (κ3) is 3.35. The van der Waals surface area contributed by atoms with Crippen LogP contribution in [0.25, 0.3) is 0 Å². The number of aryl methyl sites for hydroxylation is 1. The smallest absolute Gasteiger partial charge is 0.191 e. The average Bonchev–Trinajstić information content (AvgIpc) is 2.97. The van der Waals surface area contributed by atoms with Gasteiger partial charge in [-0.25, -0.2) is 9.38 Å². The van der Waals surface area contributed by atoms with Gasteiger partial charge in [0.15, 0.2) is 5.96 Å². The van der Waals surface area contributed by atoms with Crippen molar-refractivity contribution in [2.45, 2.75) is 58.2 Å². The highest BCUT2D eigenvalue weighted by Crippen LogP contribution is 2.62. The molecule has 0 bridgehead atoms. The summed E-state index contributed by atoms with van der Waals surface area (Å²) in [5.41, 5.74) is 2.04. The van der Waals surface area contributed by atoms with Crippen molar-refractivity contribution in [2.75, 3.05) is 13.2 Å². The van der Waals surface area contributed by atoms with Crippen LogP contribution in [0.1, 0.15) is 43.7 Å². The van der Waals surface area contributed by atoms with Crippen molar-refractivity contribution in [1.29, 1.82) is 0 Å². The van der Waals surface area contributed by atoms with Gasteiger partial charge in [0.25, 0.3) is 0 Å². The quantitative estimate of drug-likeness (QED) is 0.398. The molecule has 3 fully saturated rings. The molecule has 1 spiro atoms. The van der Waals surface area contributed by atoms with E-state index in [0.29, 0.717) is 35.6 Å². The van der Waals surface area contributed by atoms with E-state index in [0.717, 1.165) is 31.1 Å². The maximum atomic E-state index is 13.4. The molecule has 0 aromatic heterocycles. The molecule has 6 heteroatoms. The van der Waals surface area contributed by atoms with Gasteiger partial charge in [0.05, 0.1) is 12.6 Å². The Balaban J connectivity index is 0.00000196. The van der Waals surface area contributed by atoms with E-state index in [1.165, 1.54) is 25.3 Å². The number of hydrogen-bond donors (Lipinski definition) is 2. The highest BCUT2D eigenvalue weighted by atomic mass is 127. The van der Waals surface area contributed by atoms with E-state index >= 15 is 0 Å². The zero-order chi connectivity index (χ0) is 17.4. The van der Waals surface area contributed by atoms with Crippen LogP contribution in [-0.2, 0) is 11.3 Å². The Morgan fingerprint density at radius 2 is 2.19 bits per heavy atom. The predicted octanol–water partition coefficient (Wildman–Crippen LogP) is 3.76. The molecule has 2 N–H and O–H groups in total. The van der Waals surface area contributed by atoms with E-state index in [4.69, 9.17) is 9.73 Å². The lowest BCUT2D eigenvalue weighted by Crippen LogP contribution is -2.72. The van der Waals surface area contributed by atoms with E-state index in [2.05, 4.69) is 17.6 Å². The first-order valence-corrected chi connectivity index (χ1v) is 9.55. The van der Waals surface area contributed by atoms with Crippen LogP contribution in [0.15, 0.2) is 23.2 Å². The number of guanidine groups is 1. The number of halogens is 2. The molecule has 0 amide bonds. The normalized spacial score (nSPS) is 28.6. The maximum Gasteiger partial charge on any atom is 0.191 e. The van der Waals surface area contributed by atoms with Crippen LogP contribution >= 0.6 is 24.0 Å². The summed E-state index contributed by atoms with van der Waals surface area (Å²) in [5.74, 6) is 1.33. The fourth-order valence-corrected chi connectivity index (χ4v) is 4.90. The van der Waals surface area contributed by atoms with Crippen molar-refractivity contribution in [2.24, 2.45) is 16.3 Å². The molecule has 144 valence electrons. The monoisotopic (exact) mass is 473 g/mol. The Bertz CT molecular complexity index is 677. The molecule has 3 unspecified atom stereocenters. The molecule has 1 aliphatic heterocycles. The van der Waals surface area contributed by atoms with Gasteiger partial charge in [-0.3, -0.25) is 0 Å². The van der Waals surface area contributed by atoms with Crippen LogP contribution in [0.2, 0.25) is 0 Å². The molecule has 1 saturated heterocycles. The van der Waals surface area contributed by atoms with Gasteiger partial charge in [-0.15, -0.1) is 24.0 Å². The lowest BCUT2D eigenvalue weighted by Gasteiger charge is -2.63. The second-order valence-electron chi connectivity index (χ2n) is 7.73. The Hall–Kier alpha value is -0.890. The molecular formula is C20H29FIN3O. The number of ether oxygens (including phenoxy) is 1. The molecule has 2 aliphatic carbocycles. The van der Waals surface area contributed by atoms with Crippen molar-refractivity contribution in [3.8, 4) is 0 Å². The fourth-order valence-electron chi connectivity index (χ4n) is 4.90. The first kappa shape index (κ1) is 19.9. The number of nitrogens with one attached hydrogen (secondary N) is 2. The molecule has 2 saturated carbocycles. The van der Waals surface area contributed by atoms with E-state index in [-0.39, 0.29) is 29.8 Å². The lowest BCUT2D eigenvalue weighted by atomic mass is 9.46. The second kappa shape index (κ2) is 8.00. The molecule has 1 aromatic carbocycles. The van der Waals surface area contributed by atoms with Crippen LogP contribution in [0.4, 0.5) is 4.39 Å². The van der Waals surface area contributed by atoms with E-state index in [1.807, 2.05) is 12.1 Å². The van der Waals surface area contributed by atoms with Gasteiger partial charge >= 0.3 is 0 Å². The minimum atomic E-state index is -0.161. The van der Waals surface area contributed by atoms with Gasteiger partial charge in [0.2, 0.25) is 0 Å². The van der Waals surface area contributed by atoms with E-state index in [1.54, 1.807) is 6.92 Å². The molecule has 1 heterocycles. The van der Waals surface area contributed by atoms with E-state index < -0.39 is 0 Å². The molecule has 3 atom stereocenters. The number of hydrogen-bond acceptors (Lipinski definition) is 2. The van der Waals surface area contributed by atoms with Gasteiger partial charge in [-0.05, 0) is 50.3 Å². The summed E-state index contributed by atoms with van der Waals surface area (Å²) in [6.45, 7) is 6.17. The molecule has 3 aliphatic rings. The van der Waals surface area contributed by atoms with Crippen molar-refractivity contribution in [3.05, 3.63) is 35.1 Å². The molecule has 26 heavy (non-hydrogen) atoms. The maximum absolute atomic E-state index is 13.4. The summed E-state index contributed by atoms with van der Waals surface area (Å²) in [4.78, 5) is 4.75. The summed E-state index contributed by atoms with van der Waals surface area (Å²) in [6, 6.07) is 5.69. The Morgan fingerprint density at radius 3 is 2.85 bits per heavy atom. The molecule has 4 nitrogen and oxygen atoms in total. The summed E-state index contributed by atoms with van der Waals surface area (Å²) in [5, 5.41) is 7.07. The Morgan fingerprint density at radius 1 is 1.38 bits per heavy atom. The summed E-state index contributed by atoms with van der Waals surface area (Å²) < 4.78 is 19.4. The summed E-state index contributed by atoms with van der Waals surface area (Å²) in [6.07, 6.45) is 5.46. The standard InChI is InChI=1S/C20H28FN3O.HI/c1-3-22-19(23-12-14-5-6-16(21)13(2)11-14)24-17-15-7-10-25-18(15)20(17)8-4-9-20;/h5-6,11,15,17-18H,3-4,7-10,12H2,1-2H3,(H2,22,23,24);1H. The molecule has 0 radical (unpaired) electrons. The zero-order valence-electron chi connectivity index (χ0n) is 15.6. The number of aliphatic imine (C=N–C) groups is 1. The Labute approximate surface area is 172 Å². The number of nitrogens with zero attached hydrogens (tertiary/aromatic N) is 1. The largest absolute Gasteiger partial charge is 0.377 e. The summed E-state index contributed by atoms with van der Waals surface area (Å²) in [7, 11) is 0. The Kier molecular flexibility index (Phi) is 6.11. The van der Waals surface area contributed by atoms with Crippen LogP contribution < -0.4 is 10.6 Å². The van der Waals surface area contributed by atoms with Crippen LogP contribution in [0.3, 0.4) is 0 Å². The fraction of sp³-hybridized carbons (Fsp3) is 0.650. The van der Waals surface area contributed by atoms with Crippen LogP contribution in [0.5, 0.6) is 0 Å². The minimum absolute atomic E-state index is 0. The van der Waals surface area contributed by atoms with Crippen LogP contribution in [-0.4, -0.2) is 31.3 Å². The first-order valence-electron chi connectivity index (χ1n) is 9.55. The second-order valence-corrected chi connectivity index (χ2v) is 7.73. The van der Waals surface area contributed by atoms with Crippen molar-refractivity contribution in [1.82, 2.24) is 10.6 Å². The van der Waals surface area contributed by atoms with Gasteiger partial charge in [0, 0.05) is 30.5 Å². The summed E-state index contributed by atoms with van der Waals surface area (Å²) >= 11 is 0. The SMILES string of the molecule is CCNC(=NCc1ccc(F)c(C)c1)NC1C2CCOC2C12CCC2.I. The number of rotatable bonds is 4. The zero-order valence-corrected chi connectivity index (χ0v) is 17.9. The van der Waals surface area contributed by atoms with E-state index in [9.17, 15) is 4.39 Å². The minimum Gasteiger partial charge on any atom is -0.377 e. The van der Waals surface area contributed by atoms with Gasteiger partial charge in [-0.1, -0.05) is 18.6 Å². The average molecular weight is 473 g/mol. The molecule has 4 rings (SSSR count).